The Labute approximate surface area is 182 Å². The van der Waals surface area contributed by atoms with Gasteiger partial charge in [0.25, 0.3) is 0 Å². The Morgan fingerprint density at radius 1 is 0.903 bits per heavy atom. The summed E-state index contributed by atoms with van der Waals surface area (Å²) in [7, 11) is 0. The molecule has 0 bridgehead atoms. The van der Waals surface area contributed by atoms with E-state index in [4.69, 9.17) is 11.5 Å². The highest BCUT2D eigenvalue weighted by molar-refractivity contribution is 5.93. The van der Waals surface area contributed by atoms with Crippen molar-refractivity contribution in [2.45, 2.75) is 63.7 Å². The van der Waals surface area contributed by atoms with E-state index in [1.165, 1.54) is 13.8 Å². The fourth-order valence-corrected chi connectivity index (χ4v) is 2.79. The monoisotopic (exact) mass is 435 g/mol. The van der Waals surface area contributed by atoms with Crippen molar-refractivity contribution < 1.29 is 24.3 Å². The largest absolute Gasteiger partial charge is 0.480 e. The van der Waals surface area contributed by atoms with Gasteiger partial charge in [-0.05, 0) is 45.2 Å². The molecular formula is C21H33N5O5. The molecule has 0 saturated carbocycles. The van der Waals surface area contributed by atoms with Crippen LogP contribution in [0.4, 0.5) is 0 Å². The number of carboxylic acid groups (broad SMARTS) is 1. The van der Waals surface area contributed by atoms with Gasteiger partial charge in [0.2, 0.25) is 17.7 Å². The Kier molecular flexibility index (Phi) is 11.2. The predicted octanol–water partition coefficient (Wildman–Crippen LogP) is -0.736. The molecule has 4 atom stereocenters. The minimum Gasteiger partial charge on any atom is -0.480 e. The van der Waals surface area contributed by atoms with Gasteiger partial charge in [-0.2, -0.15) is 0 Å². The van der Waals surface area contributed by atoms with Gasteiger partial charge in [0.15, 0.2) is 0 Å². The predicted molar refractivity (Wildman–Crippen MR) is 116 cm³/mol. The molecule has 31 heavy (non-hydrogen) atoms. The molecule has 0 radical (unpaired) electrons. The lowest BCUT2D eigenvalue weighted by molar-refractivity contribution is -0.142. The maximum atomic E-state index is 12.8. The Bertz CT molecular complexity index is 741. The molecule has 0 fully saturated rings. The van der Waals surface area contributed by atoms with Gasteiger partial charge in [0, 0.05) is 6.42 Å². The second-order valence-electron chi connectivity index (χ2n) is 7.45. The van der Waals surface area contributed by atoms with Crippen LogP contribution in [-0.4, -0.2) is 59.5 Å². The first kappa shape index (κ1) is 26.1. The van der Waals surface area contributed by atoms with E-state index in [1.807, 2.05) is 30.3 Å². The van der Waals surface area contributed by atoms with E-state index in [9.17, 15) is 24.3 Å². The minimum atomic E-state index is -1.16. The number of nitrogens with two attached hydrogens (primary N) is 2. The van der Waals surface area contributed by atoms with E-state index in [0.717, 1.165) is 5.56 Å². The molecule has 0 saturated heterocycles. The van der Waals surface area contributed by atoms with Crippen LogP contribution in [0.3, 0.4) is 0 Å². The molecule has 10 nitrogen and oxygen atoms in total. The van der Waals surface area contributed by atoms with E-state index in [2.05, 4.69) is 16.0 Å². The van der Waals surface area contributed by atoms with Crippen LogP contribution in [0, 0.1) is 0 Å². The summed E-state index contributed by atoms with van der Waals surface area (Å²) in [6.45, 7) is 3.38. The zero-order valence-electron chi connectivity index (χ0n) is 18.0. The first-order chi connectivity index (χ1) is 14.6. The van der Waals surface area contributed by atoms with Gasteiger partial charge in [-0.3, -0.25) is 14.4 Å². The molecule has 172 valence electrons. The summed E-state index contributed by atoms with van der Waals surface area (Å²) < 4.78 is 0. The third-order valence-electron chi connectivity index (χ3n) is 4.64. The Morgan fingerprint density at radius 2 is 1.52 bits per heavy atom. The van der Waals surface area contributed by atoms with Crippen molar-refractivity contribution in [3.8, 4) is 0 Å². The molecule has 0 aliphatic rings. The topological polar surface area (TPSA) is 177 Å². The van der Waals surface area contributed by atoms with E-state index in [0.29, 0.717) is 19.4 Å². The van der Waals surface area contributed by atoms with Crippen molar-refractivity contribution >= 4 is 23.7 Å². The number of amides is 3. The summed E-state index contributed by atoms with van der Waals surface area (Å²) in [5, 5.41) is 16.8. The Morgan fingerprint density at radius 3 is 2.06 bits per heavy atom. The third kappa shape index (κ3) is 9.58. The smallest absolute Gasteiger partial charge is 0.326 e. The molecule has 10 heteroatoms. The van der Waals surface area contributed by atoms with Crippen molar-refractivity contribution in [2.24, 2.45) is 11.5 Å². The number of carbonyl (C=O) groups excluding carboxylic acids is 3. The van der Waals surface area contributed by atoms with Crippen LogP contribution in [0.15, 0.2) is 30.3 Å². The summed E-state index contributed by atoms with van der Waals surface area (Å²) in [5.41, 5.74) is 11.8. The maximum absolute atomic E-state index is 12.8. The molecule has 0 spiro atoms. The standard InChI is InChI=1S/C21H33N5O5/c1-13(23)18(27)26-17(12-15-8-4-3-5-9-15)20(29)24-14(2)19(28)25-16(21(30)31)10-6-7-11-22/h3-5,8-9,13-14,16-17H,6-7,10-12,22-23H2,1-2H3,(H,24,29)(H,25,28)(H,26,27)(H,30,31). The average Bonchev–Trinajstić information content (AvgIpc) is 2.72. The molecule has 1 aromatic rings. The van der Waals surface area contributed by atoms with Gasteiger partial charge in [-0.15, -0.1) is 0 Å². The van der Waals surface area contributed by atoms with Crippen LogP contribution >= 0.6 is 0 Å². The van der Waals surface area contributed by atoms with Crippen molar-refractivity contribution in [2.75, 3.05) is 6.54 Å². The first-order valence-electron chi connectivity index (χ1n) is 10.3. The van der Waals surface area contributed by atoms with Gasteiger partial charge in [-0.25, -0.2) is 4.79 Å². The van der Waals surface area contributed by atoms with Crippen LogP contribution in [0.5, 0.6) is 0 Å². The number of unbranched alkanes of at least 4 members (excludes halogenated alkanes) is 1. The molecule has 1 aromatic carbocycles. The molecule has 0 heterocycles. The van der Waals surface area contributed by atoms with Crippen LogP contribution in [0.1, 0.15) is 38.7 Å². The highest BCUT2D eigenvalue weighted by Crippen LogP contribution is 2.05. The van der Waals surface area contributed by atoms with Crippen molar-refractivity contribution in [3.63, 3.8) is 0 Å². The van der Waals surface area contributed by atoms with Crippen LogP contribution in [0.25, 0.3) is 0 Å². The van der Waals surface area contributed by atoms with Crippen LogP contribution in [0.2, 0.25) is 0 Å². The second-order valence-corrected chi connectivity index (χ2v) is 7.45. The molecule has 0 aromatic heterocycles. The number of hydrogen-bond acceptors (Lipinski definition) is 6. The SMILES string of the molecule is CC(N)C(=O)NC(Cc1ccccc1)C(=O)NC(C)C(=O)NC(CCCCN)C(=O)O. The molecule has 0 aliphatic heterocycles. The number of carboxylic acids is 1. The lowest BCUT2D eigenvalue weighted by Crippen LogP contribution is -2.56. The average molecular weight is 436 g/mol. The number of benzene rings is 1. The number of rotatable bonds is 13. The van der Waals surface area contributed by atoms with Gasteiger partial charge < -0.3 is 32.5 Å². The fourth-order valence-electron chi connectivity index (χ4n) is 2.79. The van der Waals surface area contributed by atoms with Gasteiger partial charge in [0.1, 0.15) is 18.1 Å². The summed E-state index contributed by atoms with van der Waals surface area (Å²) >= 11 is 0. The summed E-state index contributed by atoms with van der Waals surface area (Å²) in [5.74, 6) is -2.87. The third-order valence-corrected chi connectivity index (χ3v) is 4.64. The van der Waals surface area contributed by atoms with Crippen LogP contribution < -0.4 is 27.4 Å². The van der Waals surface area contributed by atoms with E-state index in [1.54, 1.807) is 0 Å². The van der Waals surface area contributed by atoms with Crippen molar-refractivity contribution in [1.82, 2.24) is 16.0 Å². The molecule has 4 unspecified atom stereocenters. The Hall–Kier alpha value is -2.98. The normalized spacial score (nSPS) is 14.6. The van der Waals surface area contributed by atoms with Crippen molar-refractivity contribution in [3.05, 3.63) is 35.9 Å². The van der Waals surface area contributed by atoms with E-state index < -0.39 is 47.9 Å². The van der Waals surface area contributed by atoms with Gasteiger partial charge in [-0.1, -0.05) is 30.3 Å². The molecule has 8 N–H and O–H groups in total. The molecule has 3 amide bonds. The second kappa shape index (κ2) is 13.3. The summed E-state index contributed by atoms with van der Waals surface area (Å²) in [4.78, 5) is 48.6. The molecule has 0 aliphatic carbocycles. The lowest BCUT2D eigenvalue weighted by Gasteiger charge is -2.23. The van der Waals surface area contributed by atoms with Crippen LogP contribution in [-0.2, 0) is 25.6 Å². The lowest BCUT2D eigenvalue weighted by atomic mass is 10.0. The first-order valence-corrected chi connectivity index (χ1v) is 10.3. The minimum absolute atomic E-state index is 0.205. The van der Waals surface area contributed by atoms with Crippen molar-refractivity contribution in [1.29, 1.82) is 0 Å². The van der Waals surface area contributed by atoms with Gasteiger partial charge in [0.05, 0.1) is 6.04 Å². The summed E-state index contributed by atoms with van der Waals surface area (Å²) in [6, 6.07) is 5.24. The fraction of sp³-hybridized carbons (Fsp3) is 0.524. The highest BCUT2D eigenvalue weighted by atomic mass is 16.4. The zero-order chi connectivity index (χ0) is 23.4. The van der Waals surface area contributed by atoms with E-state index in [-0.39, 0.29) is 12.8 Å². The van der Waals surface area contributed by atoms with Gasteiger partial charge >= 0.3 is 5.97 Å². The maximum Gasteiger partial charge on any atom is 0.326 e. The number of carbonyl (C=O) groups is 4. The number of nitrogens with one attached hydrogen (secondary N) is 3. The number of aliphatic carboxylic acids is 1. The quantitative estimate of drug-likeness (QED) is 0.221. The molecule has 1 rings (SSSR count). The summed E-state index contributed by atoms with van der Waals surface area (Å²) in [6.07, 6.45) is 1.64. The number of hydrogen-bond donors (Lipinski definition) is 6. The van der Waals surface area contributed by atoms with E-state index >= 15 is 0 Å². The Balaban J connectivity index is 2.78. The zero-order valence-corrected chi connectivity index (χ0v) is 18.0. The molecular weight excluding hydrogens is 402 g/mol. The highest BCUT2D eigenvalue weighted by Gasteiger charge is 2.27.